The summed E-state index contributed by atoms with van der Waals surface area (Å²) in [7, 11) is -1.92. The minimum Gasteiger partial charge on any atom is -0.252 e. The van der Waals surface area contributed by atoms with Gasteiger partial charge in [-0.3, -0.25) is 4.98 Å². The summed E-state index contributed by atoms with van der Waals surface area (Å²) in [5, 5.41) is 5.34. The molecule has 5 rings (SSSR count). The molecule has 0 amide bonds. The number of hydrogen-bond acceptors (Lipinski definition) is 1. The molecule has 0 aliphatic heterocycles. The predicted octanol–water partition coefficient (Wildman–Crippen LogP) is 5.73. The number of hydrogen-bond donors (Lipinski definition) is 0. The number of fused-ring (bicyclic) bond motifs is 1. The van der Waals surface area contributed by atoms with Gasteiger partial charge in [0, 0.05) is 17.2 Å². The van der Waals surface area contributed by atoms with Gasteiger partial charge in [0.15, 0.2) is 0 Å². The molecule has 1 radical (unpaired) electrons. The van der Waals surface area contributed by atoms with Crippen molar-refractivity contribution in [2.75, 3.05) is 0 Å². The fourth-order valence-electron chi connectivity index (χ4n) is 4.21. The average molecular weight is 404 g/mol. The molecular weight excluding hydrogens is 381 g/mol. The Hall–Kier alpha value is -3.28. The molecule has 1 nitrogen and oxygen atoms in total. The van der Waals surface area contributed by atoms with Crippen molar-refractivity contribution >= 4 is 34.1 Å². The van der Waals surface area contributed by atoms with Gasteiger partial charge in [0.05, 0.1) is 5.52 Å². The minimum absolute atomic E-state index is 0.899. The van der Waals surface area contributed by atoms with Gasteiger partial charge >= 0.3 is 0 Å². The van der Waals surface area contributed by atoms with Crippen LogP contribution in [0, 0.1) is 0 Å². The monoisotopic (exact) mass is 404 g/mol. The van der Waals surface area contributed by atoms with E-state index in [-0.39, 0.29) is 0 Å². The molecule has 0 fully saturated rings. The maximum absolute atomic E-state index is 5.06. The first-order valence-electron chi connectivity index (χ1n) is 10.3. The lowest BCUT2D eigenvalue weighted by atomic mass is 10.2. The summed E-state index contributed by atoms with van der Waals surface area (Å²) in [5.41, 5.74) is 2.20. The van der Waals surface area contributed by atoms with Crippen LogP contribution < -0.4 is 15.9 Å². The molecule has 0 bridgehead atoms. The van der Waals surface area contributed by atoms with Crippen molar-refractivity contribution in [1.82, 2.24) is 4.98 Å². The Balaban J connectivity index is 1.76. The molecule has 4 aromatic carbocycles. The molecule has 0 aliphatic rings. The van der Waals surface area contributed by atoms with Crippen LogP contribution in [0.4, 0.5) is 0 Å². The summed E-state index contributed by atoms with van der Waals surface area (Å²) in [5.74, 6) is 0. The van der Waals surface area contributed by atoms with E-state index < -0.39 is 7.26 Å². The largest absolute Gasteiger partial charge is 0.252 e. The first kappa shape index (κ1) is 18.7. The van der Waals surface area contributed by atoms with Gasteiger partial charge in [-0.25, -0.2) is 0 Å². The number of benzene rings is 4. The van der Waals surface area contributed by atoms with Crippen molar-refractivity contribution < 1.29 is 0 Å². The molecule has 1 aromatic heterocycles. The van der Waals surface area contributed by atoms with Crippen molar-refractivity contribution in [2.45, 2.75) is 6.16 Å². The molecule has 0 saturated carbocycles. The van der Waals surface area contributed by atoms with Gasteiger partial charge < -0.3 is 0 Å². The third-order valence-corrected chi connectivity index (χ3v) is 9.98. The van der Waals surface area contributed by atoms with Crippen LogP contribution in [-0.2, 0) is 6.16 Å². The molecule has 1 heterocycles. The lowest BCUT2D eigenvalue weighted by Gasteiger charge is -2.38. The van der Waals surface area contributed by atoms with Crippen LogP contribution in [0.3, 0.4) is 0 Å². The van der Waals surface area contributed by atoms with Crippen molar-refractivity contribution in [3.63, 3.8) is 0 Å². The minimum atomic E-state index is -1.92. The van der Waals surface area contributed by atoms with Crippen molar-refractivity contribution in [1.29, 1.82) is 0 Å². The van der Waals surface area contributed by atoms with Crippen LogP contribution >= 0.6 is 7.26 Å². The fourth-order valence-corrected chi connectivity index (χ4v) is 8.36. The quantitative estimate of drug-likeness (QED) is 0.341. The smallest absolute Gasteiger partial charge is 0.0705 e. The Bertz CT molecular complexity index is 1150. The molecule has 0 spiro atoms. The van der Waals surface area contributed by atoms with E-state index in [1.54, 1.807) is 0 Å². The standard InChI is InChI=1S/C28H23NP/c1-4-13-25(14-5-1)30(26-15-6-2-7-16-26,27-17-8-3-9-18-27)22-24-21-20-23-12-10-11-19-28(23)29-24/h1-21H,22H2. The molecule has 0 unspecified atom stereocenters. The number of nitrogens with zero attached hydrogens (tertiary/aromatic N) is 1. The van der Waals surface area contributed by atoms with E-state index >= 15 is 0 Å². The lowest BCUT2D eigenvalue weighted by molar-refractivity contribution is 1.21. The Kier molecular flexibility index (Phi) is 5.13. The predicted molar refractivity (Wildman–Crippen MR) is 131 cm³/mol. The maximum atomic E-state index is 5.06. The fraction of sp³-hybridized carbons (Fsp3) is 0.0357. The van der Waals surface area contributed by atoms with Crippen molar-refractivity contribution in [3.8, 4) is 0 Å². The molecule has 0 aliphatic carbocycles. The van der Waals surface area contributed by atoms with E-state index in [0.717, 1.165) is 17.4 Å². The highest BCUT2D eigenvalue weighted by Crippen LogP contribution is 2.57. The average Bonchev–Trinajstić information content (AvgIpc) is 2.84. The lowest BCUT2D eigenvalue weighted by Crippen LogP contribution is -2.32. The van der Waals surface area contributed by atoms with Gasteiger partial charge in [0.25, 0.3) is 0 Å². The third-order valence-electron chi connectivity index (χ3n) is 5.65. The van der Waals surface area contributed by atoms with Gasteiger partial charge in [-0.05, 0) is 35.3 Å². The summed E-state index contributed by atoms with van der Waals surface area (Å²) >= 11 is 0. The van der Waals surface area contributed by atoms with E-state index in [9.17, 15) is 0 Å². The highest BCUT2D eigenvalue weighted by atomic mass is 31.2. The van der Waals surface area contributed by atoms with E-state index in [4.69, 9.17) is 4.98 Å². The Morgan fingerprint density at radius 2 is 0.933 bits per heavy atom. The molecule has 0 atom stereocenters. The van der Waals surface area contributed by atoms with Crippen LogP contribution in [0.2, 0.25) is 0 Å². The summed E-state index contributed by atoms with van der Waals surface area (Å²) in [6, 6.07) is 45.7. The second-order valence-electron chi connectivity index (χ2n) is 7.47. The molecule has 2 heteroatoms. The van der Waals surface area contributed by atoms with Crippen LogP contribution in [-0.4, -0.2) is 4.98 Å². The second kappa shape index (κ2) is 8.22. The highest BCUT2D eigenvalue weighted by Gasteiger charge is 2.34. The third kappa shape index (κ3) is 3.43. The summed E-state index contributed by atoms with van der Waals surface area (Å²) in [4.78, 5) is 5.06. The molecule has 0 N–H and O–H groups in total. The van der Waals surface area contributed by atoms with Gasteiger partial charge in [-0.1, -0.05) is 115 Å². The van der Waals surface area contributed by atoms with Crippen LogP contribution in [0.5, 0.6) is 0 Å². The Labute approximate surface area is 178 Å². The number of rotatable bonds is 5. The van der Waals surface area contributed by atoms with E-state index in [1.807, 2.05) is 0 Å². The van der Waals surface area contributed by atoms with Gasteiger partial charge in [-0.15, -0.1) is 0 Å². The van der Waals surface area contributed by atoms with Gasteiger partial charge in [0.1, 0.15) is 0 Å². The SMILES string of the molecule is c1ccc([P](Cc2ccc3ccccc3n2)(c2ccccc2)c2ccccc2)cc1. The number of aromatic nitrogens is 1. The molecule has 30 heavy (non-hydrogen) atoms. The molecule has 0 saturated heterocycles. The Morgan fingerprint density at radius 1 is 0.467 bits per heavy atom. The maximum Gasteiger partial charge on any atom is 0.0705 e. The van der Waals surface area contributed by atoms with Crippen LogP contribution in [0.15, 0.2) is 127 Å². The number of para-hydroxylation sites is 1. The van der Waals surface area contributed by atoms with E-state index in [1.165, 1.54) is 21.3 Å². The van der Waals surface area contributed by atoms with Crippen molar-refractivity contribution in [2.24, 2.45) is 0 Å². The van der Waals surface area contributed by atoms with Crippen molar-refractivity contribution in [3.05, 3.63) is 133 Å². The Morgan fingerprint density at radius 3 is 1.47 bits per heavy atom. The summed E-state index contributed by atoms with van der Waals surface area (Å²) in [6.45, 7) is 0. The summed E-state index contributed by atoms with van der Waals surface area (Å²) in [6.07, 6.45) is 0.899. The van der Waals surface area contributed by atoms with Crippen LogP contribution in [0.25, 0.3) is 10.9 Å². The first-order valence-corrected chi connectivity index (χ1v) is 12.2. The normalized spacial score (nSPS) is 11.5. The van der Waals surface area contributed by atoms with E-state index in [0.29, 0.717) is 0 Å². The molecule has 5 aromatic rings. The first-order chi connectivity index (χ1) is 14.9. The van der Waals surface area contributed by atoms with Gasteiger partial charge in [0.2, 0.25) is 0 Å². The van der Waals surface area contributed by atoms with E-state index in [2.05, 4.69) is 127 Å². The zero-order chi connectivity index (χ0) is 20.2. The highest BCUT2D eigenvalue weighted by molar-refractivity contribution is 7.95. The second-order valence-corrected chi connectivity index (χ2v) is 11.0. The number of pyridine rings is 1. The topological polar surface area (TPSA) is 12.9 Å². The molecule has 145 valence electrons. The summed E-state index contributed by atoms with van der Waals surface area (Å²) < 4.78 is 0. The van der Waals surface area contributed by atoms with Crippen LogP contribution in [0.1, 0.15) is 5.69 Å². The van der Waals surface area contributed by atoms with Gasteiger partial charge in [-0.2, -0.15) is 0 Å². The zero-order valence-corrected chi connectivity index (χ0v) is 17.6. The zero-order valence-electron chi connectivity index (χ0n) is 16.7. The molecular formula is C28H23NP.